The van der Waals surface area contributed by atoms with Gasteiger partial charge in [-0.15, -0.1) is 0 Å². The van der Waals surface area contributed by atoms with E-state index in [1.807, 2.05) is 0 Å². The third-order valence-corrected chi connectivity index (χ3v) is 6.13. The van der Waals surface area contributed by atoms with E-state index in [9.17, 15) is 28.2 Å². The standard InChI is InChI=1S/C14H23NO7S/c1-13(2,3)22-12(19)15-5-4-14(8-15,11(17)18)9-6-23(20,21)7-10(9)16/h9-10,16H,4-8H2,1-3H3,(H,17,18). The number of amides is 1. The van der Waals surface area contributed by atoms with Gasteiger partial charge in [0.2, 0.25) is 0 Å². The molecule has 0 spiro atoms. The van der Waals surface area contributed by atoms with E-state index < -0.39 is 50.7 Å². The van der Waals surface area contributed by atoms with Crippen LogP contribution in [0.25, 0.3) is 0 Å². The third-order valence-electron chi connectivity index (χ3n) is 4.41. The van der Waals surface area contributed by atoms with Crippen LogP contribution in [0.3, 0.4) is 0 Å². The number of rotatable bonds is 2. The van der Waals surface area contributed by atoms with Gasteiger partial charge >= 0.3 is 12.1 Å². The predicted molar refractivity (Wildman–Crippen MR) is 80.6 cm³/mol. The Labute approximate surface area is 135 Å². The molecular weight excluding hydrogens is 326 g/mol. The molecule has 2 saturated heterocycles. The summed E-state index contributed by atoms with van der Waals surface area (Å²) in [4.78, 5) is 25.2. The average Bonchev–Trinajstić information content (AvgIpc) is 2.89. The molecule has 132 valence electrons. The molecule has 0 aliphatic carbocycles. The van der Waals surface area contributed by atoms with Crippen molar-refractivity contribution in [2.75, 3.05) is 24.6 Å². The van der Waals surface area contributed by atoms with Crippen molar-refractivity contribution in [1.82, 2.24) is 4.90 Å². The van der Waals surface area contributed by atoms with Crippen molar-refractivity contribution in [3.63, 3.8) is 0 Å². The topological polar surface area (TPSA) is 121 Å². The normalized spacial score (nSPS) is 33.7. The van der Waals surface area contributed by atoms with Gasteiger partial charge in [0, 0.05) is 19.0 Å². The number of carboxylic acid groups (broad SMARTS) is 1. The van der Waals surface area contributed by atoms with Gasteiger partial charge in [-0.3, -0.25) is 4.79 Å². The first-order valence-corrected chi connectivity index (χ1v) is 9.28. The second-order valence-electron chi connectivity index (χ2n) is 7.36. The Hall–Kier alpha value is -1.35. The molecule has 2 fully saturated rings. The van der Waals surface area contributed by atoms with Gasteiger partial charge in [0.05, 0.1) is 23.0 Å². The number of ether oxygens (including phenoxy) is 1. The minimum Gasteiger partial charge on any atom is -0.481 e. The first-order valence-electron chi connectivity index (χ1n) is 7.46. The van der Waals surface area contributed by atoms with Crippen LogP contribution in [0.2, 0.25) is 0 Å². The molecule has 1 amide bonds. The highest BCUT2D eigenvalue weighted by Crippen LogP contribution is 2.44. The van der Waals surface area contributed by atoms with Crippen molar-refractivity contribution in [1.29, 1.82) is 0 Å². The number of carbonyl (C=O) groups is 2. The molecule has 0 aromatic heterocycles. The number of carbonyl (C=O) groups excluding carboxylic acids is 1. The highest BCUT2D eigenvalue weighted by atomic mass is 32.2. The number of aliphatic hydroxyl groups is 1. The van der Waals surface area contributed by atoms with Gasteiger partial charge in [0.15, 0.2) is 9.84 Å². The summed E-state index contributed by atoms with van der Waals surface area (Å²) >= 11 is 0. The van der Waals surface area contributed by atoms with Crippen LogP contribution in [0, 0.1) is 11.3 Å². The maximum absolute atomic E-state index is 12.1. The van der Waals surface area contributed by atoms with Gasteiger partial charge in [-0.1, -0.05) is 0 Å². The lowest BCUT2D eigenvalue weighted by atomic mass is 9.73. The summed E-state index contributed by atoms with van der Waals surface area (Å²) in [5.74, 6) is -2.91. The summed E-state index contributed by atoms with van der Waals surface area (Å²) in [7, 11) is -3.47. The van der Waals surface area contributed by atoms with E-state index in [1.165, 1.54) is 4.90 Å². The summed E-state index contributed by atoms with van der Waals surface area (Å²) < 4.78 is 28.7. The number of hydrogen-bond donors (Lipinski definition) is 2. The van der Waals surface area contributed by atoms with E-state index in [2.05, 4.69) is 0 Å². The van der Waals surface area contributed by atoms with E-state index in [4.69, 9.17) is 4.74 Å². The number of likely N-dealkylation sites (tertiary alicyclic amines) is 1. The van der Waals surface area contributed by atoms with E-state index >= 15 is 0 Å². The fraction of sp³-hybridized carbons (Fsp3) is 0.857. The predicted octanol–water partition coefficient (Wildman–Crippen LogP) is 0.104. The molecular formula is C14H23NO7S. The molecule has 0 saturated carbocycles. The summed E-state index contributed by atoms with van der Waals surface area (Å²) in [6.07, 6.45) is -1.76. The van der Waals surface area contributed by atoms with Gasteiger partial charge in [-0.25, -0.2) is 13.2 Å². The second-order valence-corrected chi connectivity index (χ2v) is 9.52. The number of aliphatic hydroxyl groups excluding tert-OH is 1. The lowest BCUT2D eigenvalue weighted by Gasteiger charge is -2.32. The average molecular weight is 349 g/mol. The van der Waals surface area contributed by atoms with Crippen molar-refractivity contribution in [3.8, 4) is 0 Å². The van der Waals surface area contributed by atoms with Crippen molar-refractivity contribution < 1.29 is 33.0 Å². The summed E-state index contributed by atoms with van der Waals surface area (Å²) in [6.45, 7) is 5.12. The molecule has 2 aliphatic heterocycles. The fourth-order valence-corrected chi connectivity index (χ4v) is 5.29. The Morgan fingerprint density at radius 1 is 1.26 bits per heavy atom. The molecule has 3 atom stereocenters. The van der Waals surface area contributed by atoms with Crippen LogP contribution in [0.15, 0.2) is 0 Å². The molecule has 23 heavy (non-hydrogen) atoms. The largest absolute Gasteiger partial charge is 0.481 e. The van der Waals surface area contributed by atoms with Gasteiger partial charge in [0.25, 0.3) is 0 Å². The Morgan fingerprint density at radius 3 is 2.30 bits per heavy atom. The van der Waals surface area contributed by atoms with Crippen LogP contribution in [-0.4, -0.2) is 71.9 Å². The molecule has 2 N–H and O–H groups in total. The highest BCUT2D eigenvalue weighted by Gasteiger charge is 2.58. The first-order chi connectivity index (χ1) is 10.4. The van der Waals surface area contributed by atoms with Crippen LogP contribution in [0.4, 0.5) is 4.79 Å². The minimum absolute atomic E-state index is 0.0961. The van der Waals surface area contributed by atoms with E-state index in [-0.39, 0.29) is 25.3 Å². The molecule has 0 bridgehead atoms. The van der Waals surface area contributed by atoms with Gasteiger partial charge in [0.1, 0.15) is 5.60 Å². The zero-order valence-electron chi connectivity index (χ0n) is 13.5. The second kappa shape index (κ2) is 5.62. The van der Waals surface area contributed by atoms with Crippen LogP contribution >= 0.6 is 0 Å². The SMILES string of the molecule is CC(C)(C)OC(=O)N1CCC(C(=O)O)(C2CS(=O)(=O)CC2O)C1. The molecule has 3 unspecified atom stereocenters. The fourth-order valence-electron chi connectivity index (χ4n) is 3.31. The Kier molecular flexibility index (Phi) is 4.40. The van der Waals surface area contributed by atoms with Crippen molar-refractivity contribution in [2.45, 2.75) is 38.9 Å². The van der Waals surface area contributed by atoms with E-state index in [0.717, 1.165) is 0 Å². The van der Waals surface area contributed by atoms with Crippen LogP contribution in [-0.2, 0) is 19.4 Å². The van der Waals surface area contributed by atoms with Crippen LogP contribution in [0.5, 0.6) is 0 Å². The molecule has 0 radical (unpaired) electrons. The number of hydrogen-bond acceptors (Lipinski definition) is 6. The minimum atomic E-state index is -3.47. The highest BCUT2D eigenvalue weighted by molar-refractivity contribution is 7.91. The first kappa shape index (κ1) is 18.0. The molecule has 0 aromatic rings. The van der Waals surface area contributed by atoms with Gasteiger partial charge in [-0.05, 0) is 27.2 Å². The number of nitrogens with zero attached hydrogens (tertiary/aromatic N) is 1. The number of carboxylic acids is 1. The zero-order valence-corrected chi connectivity index (χ0v) is 14.3. The maximum atomic E-state index is 12.1. The van der Waals surface area contributed by atoms with Crippen LogP contribution in [0.1, 0.15) is 27.2 Å². The lowest BCUT2D eigenvalue weighted by Crippen LogP contribution is -2.47. The van der Waals surface area contributed by atoms with Crippen molar-refractivity contribution >= 4 is 21.9 Å². The zero-order chi connectivity index (χ0) is 17.6. The summed E-state index contributed by atoms with van der Waals surface area (Å²) in [5.41, 5.74) is -2.17. The molecule has 2 aliphatic rings. The van der Waals surface area contributed by atoms with Crippen molar-refractivity contribution in [3.05, 3.63) is 0 Å². The van der Waals surface area contributed by atoms with E-state index in [0.29, 0.717) is 0 Å². The number of aliphatic carboxylic acids is 1. The van der Waals surface area contributed by atoms with Gasteiger partial charge < -0.3 is 19.8 Å². The summed E-state index contributed by atoms with van der Waals surface area (Å²) in [6, 6.07) is 0. The molecule has 0 aromatic carbocycles. The molecule has 9 heteroatoms. The van der Waals surface area contributed by atoms with Crippen LogP contribution < -0.4 is 0 Å². The smallest absolute Gasteiger partial charge is 0.410 e. The molecule has 2 rings (SSSR count). The maximum Gasteiger partial charge on any atom is 0.410 e. The Bertz CT molecular complexity index is 609. The Balaban J connectivity index is 2.22. The summed E-state index contributed by atoms with van der Waals surface area (Å²) in [5, 5.41) is 19.7. The quantitative estimate of drug-likeness (QED) is 0.725. The number of sulfone groups is 1. The van der Waals surface area contributed by atoms with Gasteiger partial charge in [-0.2, -0.15) is 0 Å². The monoisotopic (exact) mass is 349 g/mol. The van der Waals surface area contributed by atoms with Crippen molar-refractivity contribution in [2.24, 2.45) is 11.3 Å². The molecule has 2 heterocycles. The third kappa shape index (κ3) is 3.60. The Morgan fingerprint density at radius 2 is 1.87 bits per heavy atom. The lowest BCUT2D eigenvalue weighted by molar-refractivity contribution is -0.153. The molecule has 8 nitrogen and oxygen atoms in total. The van der Waals surface area contributed by atoms with E-state index in [1.54, 1.807) is 20.8 Å².